The van der Waals surface area contributed by atoms with Gasteiger partial charge in [-0.3, -0.25) is 4.79 Å². The number of halogens is 4. The van der Waals surface area contributed by atoms with Crippen molar-refractivity contribution in [1.29, 1.82) is 0 Å². The van der Waals surface area contributed by atoms with E-state index in [2.05, 4.69) is 10.1 Å². The second-order valence-electron chi connectivity index (χ2n) is 7.20. The van der Waals surface area contributed by atoms with E-state index in [9.17, 15) is 18.0 Å². The van der Waals surface area contributed by atoms with E-state index < -0.39 is 11.7 Å². The van der Waals surface area contributed by atoms with Crippen LogP contribution in [0.15, 0.2) is 48.8 Å². The fourth-order valence-electron chi connectivity index (χ4n) is 3.56. The van der Waals surface area contributed by atoms with Gasteiger partial charge in [0.15, 0.2) is 0 Å². The Morgan fingerprint density at radius 3 is 2.35 bits per heavy atom. The highest BCUT2D eigenvalue weighted by Crippen LogP contribution is 2.33. The fourth-order valence-corrected chi connectivity index (χ4v) is 3.85. The second kappa shape index (κ2) is 8.22. The van der Waals surface area contributed by atoms with Crippen LogP contribution in [0.25, 0.3) is 5.69 Å². The summed E-state index contributed by atoms with van der Waals surface area (Å²) >= 11 is 6.05. The normalized spacial score (nSPS) is 14.7. The third-order valence-corrected chi connectivity index (χ3v) is 5.53. The van der Waals surface area contributed by atoms with Crippen molar-refractivity contribution in [2.24, 2.45) is 0 Å². The Morgan fingerprint density at radius 1 is 1.06 bits per heavy atom. The number of hydrogen-bond acceptors (Lipinski definition) is 4. The maximum Gasteiger partial charge on any atom is 0.417 e. The van der Waals surface area contributed by atoms with Crippen molar-refractivity contribution in [3.8, 4) is 5.69 Å². The molecule has 0 atom stereocenters. The molecule has 3 aromatic rings. The van der Waals surface area contributed by atoms with Gasteiger partial charge in [-0.2, -0.15) is 18.3 Å². The summed E-state index contributed by atoms with van der Waals surface area (Å²) in [5, 5.41) is 4.28. The molecular weight excluding hydrogens is 431 g/mol. The van der Waals surface area contributed by atoms with Crippen molar-refractivity contribution < 1.29 is 18.0 Å². The van der Waals surface area contributed by atoms with E-state index >= 15 is 0 Å². The van der Waals surface area contributed by atoms with Gasteiger partial charge in [0.2, 0.25) is 0 Å². The SMILES string of the molecule is Cc1c(C(=O)N2CCN(c3ncc(C(F)(F)F)cc3Cl)CC2)cnn1-c1ccccc1. The molecule has 1 aromatic carbocycles. The van der Waals surface area contributed by atoms with Gasteiger partial charge in [-0.25, -0.2) is 9.67 Å². The summed E-state index contributed by atoms with van der Waals surface area (Å²) in [5.74, 6) is 0.153. The van der Waals surface area contributed by atoms with E-state index in [-0.39, 0.29) is 16.7 Å². The van der Waals surface area contributed by atoms with Crippen molar-refractivity contribution in [2.75, 3.05) is 31.1 Å². The first-order valence-corrected chi connectivity index (χ1v) is 10.0. The van der Waals surface area contributed by atoms with Gasteiger partial charge in [-0.05, 0) is 25.1 Å². The number of alkyl halides is 3. The summed E-state index contributed by atoms with van der Waals surface area (Å²) in [4.78, 5) is 20.4. The molecule has 0 spiro atoms. The Balaban J connectivity index is 1.45. The molecule has 0 radical (unpaired) electrons. The van der Waals surface area contributed by atoms with Gasteiger partial charge in [-0.1, -0.05) is 29.8 Å². The number of benzene rings is 1. The van der Waals surface area contributed by atoms with E-state index in [1.54, 1.807) is 20.7 Å². The lowest BCUT2D eigenvalue weighted by atomic mass is 10.2. The number of piperazine rings is 1. The molecule has 0 N–H and O–H groups in total. The zero-order valence-corrected chi connectivity index (χ0v) is 17.4. The average Bonchev–Trinajstić information content (AvgIpc) is 3.14. The number of nitrogens with zero attached hydrogens (tertiary/aromatic N) is 5. The third-order valence-electron chi connectivity index (χ3n) is 5.26. The molecule has 2 aromatic heterocycles. The van der Waals surface area contributed by atoms with Gasteiger partial charge in [0.25, 0.3) is 5.91 Å². The lowest BCUT2D eigenvalue weighted by Crippen LogP contribution is -2.49. The molecule has 3 heterocycles. The molecule has 4 rings (SSSR count). The molecular formula is C21H19ClF3N5O. The molecule has 0 unspecified atom stereocenters. The Labute approximate surface area is 181 Å². The molecule has 0 saturated carbocycles. The fraction of sp³-hybridized carbons (Fsp3) is 0.286. The van der Waals surface area contributed by atoms with Crippen LogP contribution in [0.1, 0.15) is 21.6 Å². The highest BCUT2D eigenvalue weighted by Gasteiger charge is 2.33. The van der Waals surface area contributed by atoms with Crippen LogP contribution in [0.2, 0.25) is 5.02 Å². The minimum atomic E-state index is -4.50. The standard InChI is InChI=1S/C21H19ClF3N5O/c1-14-17(13-27-30(14)16-5-3-2-4-6-16)20(31)29-9-7-28(8-10-29)19-18(22)11-15(12-26-19)21(23,24)25/h2-6,11-13H,7-10H2,1H3. The summed E-state index contributed by atoms with van der Waals surface area (Å²) in [6, 6.07) is 10.4. The van der Waals surface area contributed by atoms with Gasteiger partial charge in [0.1, 0.15) is 5.82 Å². The number of carbonyl (C=O) groups is 1. The number of anilines is 1. The van der Waals surface area contributed by atoms with E-state index in [0.717, 1.165) is 23.6 Å². The number of hydrogen-bond donors (Lipinski definition) is 0. The minimum Gasteiger partial charge on any atom is -0.352 e. The predicted octanol–water partition coefficient (Wildman–Crippen LogP) is 4.21. The van der Waals surface area contributed by atoms with Gasteiger partial charge >= 0.3 is 6.18 Å². The number of amides is 1. The van der Waals surface area contributed by atoms with Crippen molar-refractivity contribution in [3.63, 3.8) is 0 Å². The monoisotopic (exact) mass is 449 g/mol. The van der Waals surface area contributed by atoms with Crippen LogP contribution in [0, 0.1) is 6.92 Å². The summed E-state index contributed by atoms with van der Waals surface area (Å²) in [6.07, 6.45) is -2.16. The van der Waals surface area contributed by atoms with Crippen molar-refractivity contribution >= 4 is 23.3 Å². The van der Waals surface area contributed by atoms with Crippen LogP contribution in [-0.4, -0.2) is 51.8 Å². The predicted molar refractivity (Wildman–Crippen MR) is 111 cm³/mol. The highest BCUT2D eigenvalue weighted by molar-refractivity contribution is 6.33. The van der Waals surface area contributed by atoms with E-state index in [1.807, 2.05) is 37.3 Å². The molecule has 162 valence electrons. The maximum absolute atomic E-state index is 13.0. The van der Waals surface area contributed by atoms with Gasteiger partial charge in [-0.15, -0.1) is 0 Å². The summed E-state index contributed by atoms with van der Waals surface area (Å²) in [5.41, 5.74) is 1.24. The molecule has 6 nitrogen and oxygen atoms in total. The molecule has 1 saturated heterocycles. The highest BCUT2D eigenvalue weighted by atomic mass is 35.5. The van der Waals surface area contributed by atoms with Crippen molar-refractivity contribution in [2.45, 2.75) is 13.1 Å². The molecule has 1 amide bonds. The van der Waals surface area contributed by atoms with Crippen LogP contribution in [-0.2, 0) is 6.18 Å². The summed E-state index contributed by atoms with van der Waals surface area (Å²) in [6.45, 7) is 3.46. The molecule has 10 heteroatoms. The van der Waals surface area contributed by atoms with Crippen LogP contribution in [0.5, 0.6) is 0 Å². The number of carbonyl (C=O) groups excluding carboxylic acids is 1. The first-order valence-electron chi connectivity index (χ1n) is 9.62. The van der Waals surface area contributed by atoms with Gasteiger partial charge in [0.05, 0.1) is 33.7 Å². The largest absolute Gasteiger partial charge is 0.417 e. The van der Waals surface area contributed by atoms with E-state index in [4.69, 9.17) is 11.6 Å². The van der Waals surface area contributed by atoms with Crippen molar-refractivity contribution in [1.82, 2.24) is 19.7 Å². The molecule has 1 aliphatic heterocycles. The smallest absolute Gasteiger partial charge is 0.352 e. The van der Waals surface area contributed by atoms with E-state index in [1.165, 1.54) is 0 Å². The summed E-state index contributed by atoms with van der Waals surface area (Å²) in [7, 11) is 0. The van der Waals surface area contributed by atoms with Crippen LogP contribution >= 0.6 is 11.6 Å². The summed E-state index contributed by atoms with van der Waals surface area (Å²) < 4.78 is 40.2. The van der Waals surface area contributed by atoms with Crippen LogP contribution in [0.3, 0.4) is 0 Å². The number of aromatic nitrogens is 3. The molecule has 0 aliphatic carbocycles. The van der Waals surface area contributed by atoms with Crippen molar-refractivity contribution in [3.05, 3.63) is 70.6 Å². The lowest BCUT2D eigenvalue weighted by Gasteiger charge is -2.35. The Hall–Kier alpha value is -3.07. The molecule has 1 aliphatic rings. The van der Waals surface area contributed by atoms with Gasteiger partial charge < -0.3 is 9.80 Å². The number of para-hydroxylation sites is 1. The number of rotatable bonds is 3. The molecule has 0 bridgehead atoms. The Kier molecular flexibility index (Phi) is 5.62. The second-order valence-corrected chi connectivity index (χ2v) is 7.60. The first-order chi connectivity index (χ1) is 14.8. The minimum absolute atomic E-state index is 0.0606. The van der Waals surface area contributed by atoms with E-state index in [0.29, 0.717) is 31.7 Å². The topological polar surface area (TPSA) is 54.3 Å². The maximum atomic E-state index is 13.0. The third kappa shape index (κ3) is 4.23. The van der Waals surface area contributed by atoms with Gasteiger partial charge in [0, 0.05) is 32.4 Å². The Morgan fingerprint density at radius 2 is 1.74 bits per heavy atom. The lowest BCUT2D eigenvalue weighted by molar-refractivity contribution is -0.137. The van der Waals surface area contributed by atoms with Crippen LogP contribution < -0.4 is 4.90 Å². The molecule has 1 fully saturated rings. The quantitative estimate of drug-likeness (QED) is 0.601. The molecule has 31 heavy (non-hydrogen) atoms. The average molecular weight is 450 g/mol. The Bertz CT molecular complexity index is 1090. The zero-order valence-electron chi connectivity index (χ0n) is 16.6. The number of pyridine rings is 1. The first kappa shape index (κ1) is 21.2. The van der Waals surface area contributed by atoms with Crippen LogP contribution in [0.4, 0.5) is 19.0 Å². The zero-order chi connectivity index (χ0) is 22.2.